The summed E-state index contributed by atoms with van der Waals surface area (Å²) in [4.78, 5) is 0. The fourth-order valence-corrected chi connectivity index (χ4v) is 5.67. The molecule has 0 atom stereocenters. The average molecular weight is 453 g/mol. The van der Waals surface area contributed by atoms with Crippen LogP contribution >= 0.6 is 0 Å². The van der Waals surface area contributed by atoms with Gasteiger partial charge in [-0.2, -0.15) is 0 Å². The van der Waals surface area contributed by atoms with Gasteiger partial charge in [0.15, 0.2) is 11.5 Å². The number of rotatable bonds is 2. The Hall–Kier alpha value is -4.76. The van der Waals surface area contributed by atoms with Crippen LogP contribution in [0.3, 0.4) is 0 Å². The molecule has 0 heterocycles. The molecule has 0 unspecified atom stereocenters. The van der Waals surface area contributed by atoms with E-state index in [0.717, 1.165) is 66.1 Å². The maximum Gasteiger partial charge on any atom is 0.158 e. The molecule has 0 saturated carbocycles. The predicted octanol–water partition coefficient (Wildman–Crippen LogP) is 8.09. The average Bonchev–Trinajstić information content (AvgIpc) is 3.21. The SMILES string of the molecule is Oc1cc2c(-c3ccccc3)c3c(c(-c4ccccc4)c2cc1O)-c1ccc(O)c2cccc-3c12. The second-order valence-corrected chi connectivity index (χ2v) is 8.98. The standard InChI is InChI=1S/C32H20O3/c33-25-15-14-22-30-20(25)12-7-13-21(30)31-28(18-8-3-1-4-9-18)23-16-26(34)27(35)17-24(23)29(32(22)31)19-10-5-2-6-11-19/h1-17,33-35H. The number of hydrogen-bond acceptors (Lipinski definition) is 3. The first-order chi connectivity index (χ1) is 17.1. The molecular formula is C32H20O3. The number of phenolic OH excluding ortho intramolecular Hbond substituents is 3. The van der Waals surface area contributed by atoms with Crippen molar-refractivity contribution in [1.29, 1.82) is 0 Å². The van der Waals surface area contributed by atoms with Crippen LogP contribution in [-0.2, 0) is 0 Å². The number of phenols is 3. The highest BCUT2D eigenvalue weighted by atomic mass is 16.3. The largest absolute Gasteiger partial charge is 0.507 e. The van der Waals surface area contributed by atoms with Crippen LogP contribution in [-0.4, -0.2) is 15.3 Å². The molecule has 3 N–H and O–H groups in total. The smallest absolute Gasteiger partial charge is 0.158 e. The number of hydrogen-bond donors (Lipinski definition) is 3. The molecule has 7 rings (SSSR count). The van der Waals surface area contributed by atoms with E-state index >= 15 is 0 Å². The summed E-state index contributed by atoms with van der Waals surface area (Å²) in [5, 5.41) is 35.4. The van der Waals surface area contributed by atoms with E-state index in [1.54, 1.807) is 18.2 Å². The van der Waals surface area contributed by atoms with Crippen molar-refractivity contribution in [3.63, 3.8) is 0 Å². The Morgan fingerprint density at radius 2 is 0.886 bits per heavy atom. The molecule has 1 aliphatic carbocycles. The maximum atomic E-state index is 10.7. The summed E-state index contributed by atoms with van der Waals surface area (Å²) in [6.45, 7) is 0. The lowest BCUT2D eigenvalue weighted by Crippen LogP contribution is -1.93. The molecule has 0 amide bonds. The summed E-state index contributed by atoms with van der Waals surface area (Å²) in [7, 11) is 0. The minimum atomic E-state index is -0.153. The van der Waals surface area contributed by atoms with Gasteiger partial charge in [-0.25, -0.2) is 0 Å². The third-order valence-electron chi connectivity index (χ3n) is 7.08. The molecular weight excluding hydrogens is 432 g/mol. The van der Waals surface area contributed by atoms with Gasteiger partial charge >= 0.3 is 0 Å². The summed E-state index contributed by atoms with van der Waals surface area (Å²) in [6, 6.07) is 33.4. The Morgan fingerprint density at radius 3 is 1.43 bits per heavy atom. The van der Waals surface area contributed by atoms with Crippen LogP contribution in [0.2, 0.25) is 0 Å². The van der Waals surface area contributed by atoms with Crippen LogP contribution in [0.5, 0.6) is 17.2 Å². The summed E-state index contributed by atoms with van der Waals surface area (Å²) < 4.78 is 0. The summed E-state index contributed by atoms with van der Waals surface area (Å²) in [5.74, 6) is -0.0548. The highest BCUT2D eigenvalue weighted by Crippen LogP contribution is 2.59. The van der Waals surface area contributed by atoms with Gasteiger partial charge in [-0.05, 0) is 79.5 Å². The van der Waals surface area contributed by atoms with Gasteiger partial charge in [-0.1, -0.05) is 78.9 Å². The summed E-state index contributed by atoms with van der Waals surface area (Å²) >= 11 is 0. The van der Waals surface area contributed by atoms with Crippen molar-refractivity contribution in [3.8, 4) is 61.8 Å². The zero-order chi connectivity index (χ0) is 23.7. The zero-order valence-corrected chi connectivity index (χ0v) is 18.7. The van der Waals surface area contributed by atoms with Crippen LogP contribution in [0.25, 0.3) is 66.1 Å². The molecule has 1 aliphatic rings. The number of benzene rings is 6. The van der Waals surface area contributed by atoms with E-state index in [0.29, 0.717) is 0 Å². The second kappa shape index (κ2) is 7.12. The molecule has 0 fully saturated rings. The van der Waals surface area contributed by atoms with Crippen molar-refractivity contribution < 1.29 is 15.3 Å². The molecule has 3 nitrogen and oxygen atoms in total. The number of aromatic hydroxyl groups is 3. The lowest BCUT2D eigenvalue weighted by Gasteiger charge is -2.21. The first-order valence-electron chi connectivity index (χ1n) is 11.6. The molecule has 35 heavy (non-hydrogen) atoms. The van der Waals surface area contributed by atoms with E-state index in [9.17, 15) is 15.3 Å². The van der Waals surface area contributed by atoms with Crippen LogP contribution < -0.4 is 0 Å². The van der Waals surface area contributed by atoms with E-state index in [1.165, 1.54) is 0 Å². The van der Waals surface area contributed by atoms with E-state index in [2.05, 4.69) is 30.3 Å². The van der Waals surface area contributed by atoms with Gasteiger partial charge in [0.1, 0.15) is 5.75 Å². The summed E-state index contributed by atoms with van der Waals surface area (Å²) in [5.41, 5.74) is 8.27. The van der Waals surface area contributed by atoms with Gasteiger partial charge in [0.2, 0.25) is 0 Å². The van der Waals surface area contributed by atoms with Gasteiger partial charge in [0, 0.05) is 10.8 Å². The van der Waals surface area contributed by atoms with Crippen molar-refractivity contribution in [1.82, 2.24) is 0 Å². The van der Waals surface area contributed by atoms with E-state index in [4.69, 9.17) is 0 Å². The quantitative estimate of drug-likeness (QED) is 0.232. The van der Waals surface area contributed by atoms with Crippen LogP contribution in [0.15, 0.2) is 103 Å². The third kappa shape index (κ3) is 2.66. The molecule has 0 spiro atoms. The molecule has 0 aromatic heterocycles. The Kier molecular flexibility index (Phi) is 4.00. The van der Waals surface area contributed by atoms with Crippen LogP contribution in [0, 0.1) is 0 Å². The summed E-state index contributed by atoms with van der Waals surface area (Å²) in [6.07, 6.45) is 0. The second-order valence-electron chi connectivity index (χ2n) is 8.98. The van der Waals surface area contributed by atoms with E-state index in [1.807, 2.05) is 54.6 Å². The third-order valence-corrected chi connectivity index (χ3v) is 7.08. The normalized spacial score (nSPS) is 11.8. The highest BCUT2D eigenvalue weighted by molar-refractivity contribution is 6.28. The predicted molar refractivity (Wildman–Crippen MR) is 142 cm³/mol. The zero-order valence-electron chi connectivity index (χ0n) is 18.7. The minimum Gasteiger partial charge on any atom is -0.507 e. The fourth-order valence-electron chi connectivity index (χ4n) is 5.67. The first-order valence-corrected chi connectivity index (χ1v) is 11.6. The molecule has 6 aromatic carbocycles. The van der Waals surface area contributed by atoms with Crippen molar-refractivity contribution in [3.05, 3.63) is 103 Å². The highest BCUT2D eigenvalue weighted by Gasteiger charge is 2.31. The Bertz CT molecular complexity index is 1700. The molecule has 0 aliphatic heterocycles. The van der Waals surface area contributed by atoms with Crippen LogP contribution in [0.4, 0.5) is 0 Å². The lowest BCUT2D eigenvalue weighted by molar-refractivity contribution is 0.405. The van der Waals surface area contributed by atoms with E-state index < -0.39 is 0 Å². The van der Waals surface area contributed by atoms with Gasteiger partial charge < -0.3 is 15.3 Å². The van der Waals surface area contributed by atoms with E-state index in [-0.39, 0.29) is 17.2 Å². The van der Waals surface area contributed by atoms with Gasteiger partial charge in [0.05, 0.1) is 0 Å². The molecule has 0 radical (unpaired) electrons. The van der Waals surface area contributed by atoms with Gasteiger partial charge in [0.25, 0.3) is 0 Å². The lowest BCUT2D eigenvalue weighted by atomic mass is 9.82. The van der Waals surface area contributed by atoms with Crippen molar-refractivity contribution in [2.75, 3.05) is 0 Å². The molecule has 166 valence electrons. The fraction of sp³-hybridized carbons (Fsp3) is 0. The Labute approximate surface area is 201 Å². The Morgan fingerprint density at radius 1 is 0.371 bits per heavy atom. The van der Waals surface area contributed by atoms with Crippen molar-refractivity contribution in [2.45, 2.75) is 0 Å². The topological polar surface area (TPSA) is 60.7 Å². The molecule has 0 saturated heterocycles. The van der Waals surface area contributed by atoms with Crippen molar-refractivity contribution in [2.24, 2.45) is 0 Å². The molecule has 0 bridgehead atoms. The van der Waals surface area contributed by atoms with Crippen molar-refractivity contribution >= 4 is 21.5 Å². The first kappa shape index (κ1) is 19.7. The van der Waals surface area contributed by atoms with Gasteiger partial charge in [-0.3, -0.25) is 0 Å². The van der Waals surface area contributed by atoms with Crippen LogP contribution in [0.1, 0.15) is 0 Å². The van der Waals surface area contributed by atoms with Gasteiger partial charge in [-0.15, -0.1) is 0 Å². The Balaban J connectivity index is 1.80. The number of fused-ring (bicyclic) bond motifs is 4. The molecule has 6 aromatic rings. The minimum absolute atomic E-state index is 0.153. The maximum absolute atomic E-state index is 10.7. The monoisotopic (exact) mass is 452 g/mol. The molecule has 3 heteroatoms.